The number of carbonyl (C=O) groups is 1. The van der Waals surface area contributed by atoms with E-state index in [0.717, 1.165) is 32.1 Å². The minimum absolute atomic E-state index is 0.308. The van der Waals surface area contributed by atoms with E-state index in [2.05, 4.69) is 19.2 Å². The van der Waals surface area contributed by atoms with E-state index in [0.29, 0.717) is 12.8 Å². The lowest BCUT2D eigenvalue weighted by Crippen LogP contribution is -2.49. The van der Waals surface area contributed by atoms with Crippen LogP contribution < -0.4 is 5.32 Å². The highest BCUT2D eigenvalue weighted by Gasteiger charge is 2.23. The minimum Gasteiger partial charge on any atom is -0.394 e. The summed E-state index contributed by atoms with van der Waals surface area (Å²) in [7, 11) is 0. The standard InChI is InChI=1S/C41H83NO4/c1-3-5-7-9-11-13-15-16-17-18-19-20-21-22-23-24-26-27-29-31-33-35-39(44)38(37-43)42-41(46)40(45)36-34-32-30-28-25-14-12-10-8-6-4-2/h38-40,43-45H,3-37H2,1-2H3,(H,42,46). The Morgan fingerprint density at radius 3 is 0.978 bits per heavy atom. The number of aliphatic hydroxyl groups excluding tert-OH is 3. The molecule has 5 nitrogen and oxygen atoms in total. The van der Waals surface area contributed by atoms with Gasteiger partial charge in [0.25, 0.3) is 0 Å². The molecule has 0 bridgehead atoms. The molecule has 3 atom stereocenters. The normalized spacial score (nSPS) is 13.6. The third-order valence-electron chi connectivity index (χ3n) is 9.98. The summed E-state index contributed by atoms with van der Waals surface area (Å²) < 4.78 is 0. The molecule has 3 unspecified atom stereocenters. The van der Waals surface area contributed by atoms with Gasteiger partial charge in [0.05, 0.1) is 18.8 Å². The first-order valence-corrected chi connectivity index (χ1v) is 20.8. The molecular weight excluding hydrogens is 570 g/mol. The molecule has 0 fully saturated rings. The minimum atomic E-state index is -1.07. The third kappa shape index (κ3) is 31.9. The second-order valence-electron chi connectivity index (χ2n) is 14.6. The molecule has 46 heavy (non-hydrogen) atoms. The van der Waals surface area contributed by atoms with Crippen molar-refractivity contribution in [2.45, 2.75) is 250 Å². The van der Waals surface area contributed by atoms with E-state index < -0.39 is 24.2 Å². The van der Waals surface area contributed by atoms with E-state index in [1.807, 2.05) is 0 Å². The molecule has 0 aliphatic rings. The summed E-state index contributed by atoms with van der Waals surface area (Å²) in [5, 5.41) is 33.2. The molecule has 0 saturated heterocycles. The molecule has 0 rings (SSSR count). The van der Waals surface area contributed by atoms with Gasteiger partial charge in [0, 0.05) is 0 Å². The van der Waals surface area contributed by atoms with Crippen LogP contribution >= 0.6 is 0 Å². The smallest absolute Gasteiger partial charge is 0.249 e. The van der Waals surface area contributed by atoms with E-state index in [9.17, 15) is 20.1 Å². The number of carbonyl (C=O) groups excluding carboxylic acids is 1. The number of hydrogen-bond donors (Lipinski definition) is 4. The molecular formula is C41H83NO4. The highest BCUT2D eigenvalue weighted by atomic mass is 16.3. The van der Waals surface area contributed by atoms with Crippen LogP contribution in [0.5, 0.6) is 0 Å². The molecule has 1 amide bonds. The average molecular weight is 654 g/mol. The van der Waals surface area contributed by atoms with Crippen molar-refractivity contribution in [3.63, 3.8) is 0 Å². The molecule has 0 aliphatic heterocycles. The van der Waals surface area contributed by atoms with Crippen molar-refractivity contribution in [1.29, 1.82) is 0 Å². The van der Waals surface area contributed by atoms with Crippen LogP contribution in [0.4, 0.5) is 0 Å². The number of nitrogens with one attached hydrogen (secondary N) is 1. The zero-order valence-electron chi connectivity index (χ0n) is 31.2. The predicted molar refractivity (Wildman–Crippen MR) is 199 cm³/mol. The lowest BCUT2D eigenvalue weighted by Gasteiger charge is -2.23. The summed E-state index contributed by atoms with van der Waals surface area (Å²) >= 11 is 0. The number of rotatable bonds is 38. The summed E-state index contributed by atoms with van der Waals surface area (Å²) in [6.07, 6.45) is 41.0. The third-order valence-corrected chi connectivity index (χ3v) is 9.98. The van der Waals surface area contributed by atoms with Gasteiger partial charge in [-0.25, -0.2) is 0 Å². The molecule has 0 aromatic carbocycles. The Morgan fingerprint density at radius 1 is 0.435 bits per heavy atom. The maximum absolute atomic E-state index is 12.4. The van der Waals surface area contributed by atoms with Crippen molar-refractivity contribution < 1.29 is 20.1 Å². The van der Waals surface area contributed by atoms with Crippen LogP contribution in [0.25, 0.3) is 0 Å². The van der Waals surface area contributed by atoms with Crippen molar-refractivity contribution in [2.75, 3.05) is 6.61 Å². The largest absolute Gasteiger partial charge is 0.394 e. The Labute approximate surface area is 287 Å². The molecule has 5 heteroatoms. The zero-order valence-corrected chi connectivity index (χ0v) is 31.2. The molecule has 0 aliphatic carbocycles. The van der Waals surface area contributed by atoms with Gasteiger partial charge in [-0.1, -0.05) is 219 Å². The zero-order chi connectivity index (χ0) is 33.8. The highest BCUT2D eigenvalue weighted by Crippen LogP contribution is 2.17. The van der Waals surface area contributed by atoms with Crippen LogP contribution in [0.3, 0.4) is 0 Å². The van der Waals surface area contributed by atoms with Gasteiger partial charge in [-0.05, 0) is 12.8 Å². The fourth-order valence-electron chi connectivity index (χ4n) is 6.66. The van der Waals surface area contributed by atoms with Crippen LogP contribution in [0, 0.1) is 0 Å². The van der Waals surface area contributed by atoms with Gasteiger partial charge in [-0.15, -0.1) is 0 Å². The SMILES string of the molecule is CCCCCCCCCCCCCCCCCCCCCCCC(O)C(CO)NC(=O)C(O)CCCCCCCCCCCCC. The first kappa shape index (κ1) is 45.3. The molecule has 0 aromatic rings. The van der Waals surface area contributed by atoms with Gasteiger partial charge in [-0.3, -0.25) is 4.79 Å². The van der Waals surface area contributed by atoms with Crippen LogP contribution in [0.2, 0.25) is 0 Å². The van der Waals surface area contributed by atoms with Crippen molar-refractivity contribution >= 4 is 5.91 Å². The van der Waals surface area contributed by atoms with E-state index in [1.165, 1.54) is 173 Å². The van der Waals surface area contributed by atoms with Gasteiger partial charge in [0.2, 0.25) is 5.91 Å². The monoisotopic (exact) mass is 654 g/mol. The predicted octanol–water partition coefficient (Wildman–Crippen LogP) is 11.5. The molecule has 4 N–H and O–H groups in total. The van der Waals surface area contributed by atoms with Gasteiger partial charge < -0.3 is 20.6 Å². The fourth-order valence-corrected chi connectivity index (χ4v) is 6.66. The summed E-state index contributed by atoms with van der Waals surface area (Å²) in [6, 6.07) is -0.704. The molecule has 0 aromatic heterocycles. The van der Waals surface area contributed by atoms with E-state index in [-0.39, 0.29) is 6.61 Å². The second kappa shape index (κ2) is 37.2. The quantitative estimate of drug-likeness (QED) is 0.0499. The number of aliphatic hydroxyl groups is 3. The van der Waals surface area contributed by atoms with Crippen LogP contribution in [0.1, 0.15) is 232 Å². The number of amides is 1. The molecule has 0 radical (unpaired) electrons. The topological polar surface area (TPSA) is 89.8 Å². The van der Waals surface area contributed by atoms with E-state index >= 15 is 0 Å². The maximum atomic E-state index is 12.4. The average Bonchev–Trinajstić information content (AvgIpc) is 3.06. The Morgan fingerprint density at radius 2 is 0.696 bits per heavy atom. The second-order valence-corrected chi connectivity index (χ2v) is 14.6. The van der Waals surface area contributed by atoms with Crippen LogP contribution in [0.15, 0.2) is 0 Å². The summed E-state index contributed by atoms with van der Waals surface area (Å²) in [5.74, 6) is -0.469. The summed E-state index contributed by atoms with van der Waals surface area (Å²) in [6.45, 7) is 4.23. The van der Waals surface area contributed by atoms with Gasteiger partial charge in [0.1, 0.15) is 6.10 Å². The van der Waals surface area contributed by atoms with Gasteiger partial charge in [-0.2, -0.15) is 0 Å². The van der Waals surface area contributed by atoms with Crippen LogP contribution in [-0.4, -0.2) is 46.1 Å². The molecule has 0 spiro atoms. The Balaban J connectivity index is 3.56. The lowest BCUT2D eigenvalue weighted by molar-refractivity contribution is -0.131. The summed E-state index contributed by atoms with van der Waals surface area (Å²) in [5.41, 5.74) is 0. The Kier molecular flexibility index (Phi) is 36.6. The molecule has 0 heterocycles. The molecule has 276 valence electrons. The first-order chi connectivity index (χ1) is 22.6. The fraction of sp³-hybridized carbons (Fsp3) is 0.976. The maximum Gasteiger partial charge on any atom is 0.249 e. The van der Waals surface area contributed by atoms with E-state index in [4.69, 9.17) is 0 Å². The summed E-state index contributed by atoms with van der Waals surface area (Å²) in [4.78, 5) is 12.4. The Hall–Kier alpha value is -0.650. The highest BCUT2D eigenvalue weighted by molar-refractivity contribution is 5.80. The van der Waals surface area contributed by atoms with Crippen molar-refractivity contribution in [2.24, 2.45) is 0 Å². The number of unbranched alkanes of at least 4 members (excludes halogenated alkanes) is 30. The van der Waals surface area contributed by atoms with Gasteiger partial charge >= 0.3 is 0 Å². The molecule has 0 saturated carbocycles. The van der Waals surface area contributed by atoms with E-state index in [1.54, 1.807) is 0 Å². The lowest BCUT2D eigenvalue weighted by atomic mass is 10.0. The first-order valence-electron chi connectivity index (χ1n) is 20.8. The van der Waals surface area contributed by atoms with Crippen molar-refractivity contribution in [3.05, 3.63) is 0 Å². The van der Waals surface area contributed by atoms with Crippen molar-refractivity contribution in [1.82, 2.24) is 5.32 Å². The van der Waals surface area contributed by atoms with Crippen molar-refractivity contribution in [3.8, 4) is 0 Å². The number of hydrogen-bond acceptors (Lipinski definition) is 4. The van der Waals surface area contributed by atoms with Gasteiger partial charge in [0.15, 0.2) is 0 Å². The Bertz CT molecular complexity index is 601. The van der Waals surface area contributed by atoms with Crippen LogP contribution in [-0.2, 0) is 4.79 Å².